The van der Waals surface area contributed by atoms with Crippen LogP contribution in [0.5, 0.6) is 0 Å². The van der Waals surface area contributed by atoms with Gasteiger partial charge in [-0.25, -0.2) is 9.67 Å². The number of hydrazone groups is 1. The maximum atomic E-state index is 6.52. The van der Waals surface area contributed by atoms with Gasteiger partial charge in [0.15, 0.2) is 0 Å². The van der Waals surface area contributed by atoms with E-state index < -0.39 is 0 Å². The van der Waals surface area contributed by atoms with Gasteiger partial charge in [0, 0.05) is 5.39 Å². The molecule has 134 valence electrons. The van der Waals surface area contributed by atoms with Gasteiger partial charge in [-0.05, 0) is 43.7 Å². The minimum Gasteiger partial charge on any atom is -0.261 e. The fraction of sp³-hybridized carbons (Fsp3) is 0.0952. The minimum atomic E-state index is 0.520. The van der Waals surface area contributed by atoms with Gasteiger partial charge in [0.1, 0.15) is 11.0 Å². The van der Waals surface area contributed by atoms with Gasteiger partial charge in [0.2, 0.25) is 0 Å². The topological polar surface area (TPSA) is 55.1 Å². The van der Waals surface area contributed by atoms with Crippen LogP contribution < -0.4 is 5.43 Å². The minimum absolute atomic E-state index is 0.520. The molecule has 0 atom stereocenters. The number of aryl methyl sites for hydroxylation is 2. The van der Waals surface area contributed by atoms with Crippen molar-refractivity contribution in [3.8, 4) is 5.69 Å². The summed E-state index contributed by atoms with van der Waals surface area (Å²) in [5, 5.41) is 10.5. The van der Waals surface area contributed by atoms with E-state index in [9.17, 15) is 0 Å². The fourth-order valence-corrected chi connectivity index (χ4v) is 3.29. The number of fused-ring (bicyclic) bond motifs is 1. The Balaban J connectivity index is 1.60. The van der Waals surface area contributed by atoms with Gasteiger partial charge < -0.3 is 0 Å². The highest BCUT2D eigenvalue weighted by molar-refractivity contribution is 6.32. The molecular formula is C21H18ClN5. The number of pyridine rings is 1. The van der Waals surface area contributed by atoms with E-state index in [2.05, 4.69) is 33.6 Å². The van der Waals surface area contributed by atoms with Crippen LogP contribution in [0.1, 0.15) is 16.8 Å². The molecule has 0 bridgehead atoms. The van der Waals surface area contributed by atoms with Crippen molar-refractivity contribution in [2.75, 3.05) is 5.43 Å². The van der Waals surface area contributed by atoms with E-state index in [1.807, 2.05) is 61.5 Å². The van der Waals surface area contributed by atoms with Gasteiger partial charge >= 0.3 is 0 Å². The van der Waals surface area contributed by atoms with Crippen LogP contribution in [0.4, 0.5) is 5.82 Å². The van der Waals surface area contributed by atoms with Crippen molar-refractivity contribution < 1.29 is 0 Å². The van der Waals surface area contributed by atoms with Crippen molar-refractivity contribution in [1.29, 1.82) is 0 Å². The first-order chi connectivity index (χ1) is 13.1. The summed E-state index contributed by atoms with van der Waals surface area (Å²) in [6, 6.07) is 19.8. The van der Waals surface area contributed by atoms with E-state index in [-0.39, 0.29) is 0 Å². The predicted molar refractivity (Wildman–Crippen MR) is 111 cm³/mol. The summed E-state index contributed by atoms with van der Waals surface area (Å²) in [6.07, 6.45) is 1.68. The van der Waals surface area contributed by atoms with E-state index in [1.54, 1.807) is 10.9 Å². The van der Waals surface area contributed by atoms with Gasteiger partial charge in [-0.3, -0.25) is 5.43 Å². The molecule has 0 aliphatic heterocycles. The molecule has 2 aromatic carbocycles. The van der Waals surface area contributed by atoms with Crippen LogP contribution in [0.15, 0.2) is 65.8 Å². The van der Waals surface area contributed by atoms with Crippen molar-refractivity contribution in [2.45, 2.75) is 13.8 Å². The van der Waals surface area contributed by atoms with Crippen molar-refractivity contribution in [1.82, 2.24) is 14.8 Å². The maximum Gasteiger partial charge on any atom is 0.147 e. The molecule has 4 rings (SSSR count). The van der Waals surface area contributed by atoms with Gasteiger partial charge in [0.25, 0.3) is 0 Å². The Morgan fingerprint density at radius 2 is 1.78 bits per heavy atom. The SMILES string of the molecule is Cc1nn(-c2ccccc2)c(Cl)c1C=NNc1cc(C)c2ccccc2n1. The Kier molecular flexibility index (Phi) is 4.60. The Morgan fingerprint density at radius 1 is 1.04 bits per heavy atom. The lowest BCUT2D eigenvalue weighted by Gasteiger charge is -2.05. The van der Waals surface area contributed by atoms with Gasteiger partial charge in [-0.15, -0.1) is 0 Å². The van der Waals surface area contributed by atoms with Crippen LogP contribution in [0, 0.1) is 13.8 Å². The maximum absolute atomic E-state index is 6.52. The fourth-order valence-electron chi connectivity index (χ4n) is 2.97. The number of rotatable bonds is 4. The third-order valence-electron chi connectivity index (χ3n) is 4.34. The summed E-state index contributed by atoms with van der Waals surface area (Å²) < 4.78 is 1.71. The third-order valence-corrected chi connectivity index (χ3v) is 4.71. The molecule has 2 heterocycles. The lowest BCUT2D eigenvalue weighted by molar-refractivity contribution is 0.863. The number of anilines is 1. The second-order valence-corrected chi connectivity index (χ2v) is 6.61. The molecule has 0 aliphatic rings. The number of nitrogens with one attached hydrogen (secondary N) is 1. The molecule has 27 heavy (non-hydrogen) atoms. The van der Waals surface area contributed by atoms with E-state index in [4.69, 9.17) is 11.6 Å². The van der Waals surface area contributed by atoms with Crippen molar-refractivity contribution in [3.05, 3.63) is 82.6 Å². The Hall–Kier alpha value is -3.18. The Labute approximate surface area is 162 Å². The number of hydrogen-bond acceptors (Lipinski definition) is 4. The van der Waals surface area contributed by atoms with Crippen LogP contribution in [-0.2, 0) is 0 Å². The van der Waals surface area contributed by atoms with E-state index in [0.29, 0.717) is 11.0 Å². The first-order valence-electron chi connectivity index (χ1n) is 8.59. The number of hydrogen-bond donors (Lipinski definition) is 1. The van der Waals surface area contributed by atoms with Crippen LogP contribution in [0.25, 0.3) is 16.6 Å². The van der Waals surface area contributed by atoms with Gasteiger partial charge in [-0.2, -0.15) is 10.2 Å². The summed E-state index contributed by atoms with van der Waals surface area (Å²) in [5.41, 5.74) is 7.55. The van der Waals surface area contributed by atoms with Crippen LogP contribution in [0.2, 0.25) is 5.15 Å². The molecule has 4 aromatic rings. The first-order valence-corrected chi connectivity index (χ1v) is 8.97. The summed E-state index contributed by atoms with van der Waals surface area (Å²) in [4.78, 5) is 4.59. The Bertz CT molecular complexity index is 1130. The van der Waals surface area contributed by atoms with Crippen molar-refractivity contribution in [3.63, 3.8) is 0 Å². The van der Waals surface area contributed by atoms with Crippen LogP contribution >= 0.6 is 11.6 Å². The van der Waals surface area contributed by atoms with E-state index in [1.165, 1.54) is 0 Å². The molecule has 0 radical (unpaired) electrons. The quantitative estimate of drug-likeness (QED) is 0.397. The van der Waals surface area contributed by atoms with Gasteiger partial charge in [0.05, 0.1) is 28.7 Å². The molecule has 1 N–H and O–H groups in total. The molecule has 6 heteroatoms. The number of halogens is 1. The molecule has 0 spiro atoms. The second-order valence-electron chi connectivity index (χ2n) is 6.25. The number of para-hydroxylation sites is 2. The number of aromatic nitrogens is 3. The van der Waals surface area contributed by atoms with Crippen LogP contribution in [0.3, 0.4) is 0 Å². The normalized spacial score (nSPS) is 11.4. The zero-order valence-corrected chi connectivity index (χ0v) is 15.8. The molecule has 2 aromatic heterocycles. The monoisotopic (exact) mass is 375 g/mol. The average Bonchev–Trinajstić information content (AvgIpc) is 2.97. The van der Waals surface area contributed by atoms with Crippen LogP contribution in [-0.4, -0.2) is 21.0 Å². The molecule has 0 fully saturated rings. The molecule has 0 saturated heterocycles. The van der Waals surface area contributed by atoms with Gasteiger partial charge in [-0.1, -0.05) is 48.0 Å². The van der Waals surface area contributed by atoms with Crippen molar-refractivity contribution in [2.24, 2.45) is 5.10 Å². The van der Waals surface area contributed by atoms with E-state index in [0.717, 1.165) is 33.4 Å². The highest BCUT2D eigenvalue weighted by atomic mass is 35.5. The smallest absolute Gasteiger partial charge is 0.147 e. The predicted octanol–water partition coefficient (Wildman–Crippen LogP) is 5.14. The average molecular weight is 376 g/mol. The standard InChI is InChI=1S/C21H18ClN5/c1-14-12-20(24-19-11-7-6-10-17(14)19)25-23-13-18-15(2)26-27(21(18)22)16-8-4-3-5-9-16/h3-13H,1-2H3,(H,24,25). The first kappa shape index (κ1) is 17.2. The third kappa shape index (κ3) is 3.41. The second kappa shape index (κ2) is 7.21. The summed E-state index contributed by atoms with van der Waals surface area (Å²) >= 11 is 6.52. The molecular weight excluding hydrogens is 358 g/mol. The summed E-state index contributed by atoms with van der Waals surface area (Å²) in [5.74, 6) is 0.687. The highest BCUT2D eigenvalue weighted by Gasteiger charge is 2.13. The highest BCUT2D eigenvalue weighted by Crippen LogP contribution is 2.22. The lowest BCUT2D eigenvalue weighted by Crippen LogP contribution is -1.97. The molecule has 5 nitrogen and oxygen atoms in total. The zero-order valence-electron chi connectivity index (χ0n) is 15.0. The van der Waals surface area contributed by atoms with Crippen molar-refractivity contribution >= 4 is 34.5 Å². The Morgan fingerprint density at radius 3 is 2.59 bits per heavy atom. The number of benzene rings is 2. The number of nitrogens with zero attached hydrogens (tertiary/aromatic N) is 4. The summed E-state index contributed by atoms with van der Waals surface area (Å²) in [7, 11) is 0. The zero-order chi connectivity index (χ0) is 18.8. The largest absolute Gasteiger partial charge is 0.261 e. The van der Waals surface area contributed by atoms with E-state index >= 15 is 0 Å². The lowest BCUT2D eigenvalue weighted by atomic mass is 10.1. The molecule has 0 saturated carbocycles. The molecule has 0 amide bonds. The molecule has 0 aliphatic carbocycles. The summed E-state index contributed by atoms with van der Waals surface area (Å²) in [6.45, 7) is 3.97. The molecule has 0 unspecified atom stereocenters.